The fraction of sp³-hybridized carbons (Fsp3) is 0.269. The minimum Gasteiger partial charge on any atom is -0.493 e. The summed E-state index contributed by atoms with van der Waals surface area (Å²) in [6, 6.07) is 20.1. The Hall–Kier alpha value is -3.32. The molecule has 1 atom stereocenters. The molecule has 5 nitrogen and oxygen atoms in total. The summed E-state index contributed by atoms with van der Waals surface area (Å²) < 4.78 is 30.4. The molecule has 0 unspecified atom stereocenters. The normalized spacial score (nSPS) is 14.9. The molecule has 0 amide bonds. The number of hydrogen-bond acceptors (Lipinski definition) is 4. The Morgan fingerprint density at radius 1 is 1.03 bits per heavy atom. The van der Waals surface area contributed by atoms with Gasteiger partial charge in [-0.25, -0.2) is 4.39 Å². The molecule has 3 aromatic rings. The monoisotopic (exact) mass is 466 g/mol. The molecule has 1 aliphatic heterocycles. The molecule has 0 saturated heterocycles. The van der Waals surface area contributed by atoms with Gasteiger partial charge in [0.2, 0.25) is 0 Å². The van der Waals surface area contributed by atoms with E-state index >= 15 is 0 Å². The van der Waals surface area contributed by atoms with E-state index in [2.05, 4.69) is 22.3 Å². The van der Waals surface area contributed by atoms with Crippen molar-refractivity contribution in [2.75, 3.05) is 27.4 Å². The molecule has 0 radical (unpaired) electrons. The molecule has 1 N–H and O–H groups in total. The van der Waals surface area contributed by atoms with Gasteiger partial charge in [-0.3, -0.25) is 0 Å². The van der Waals surface area contributed by atoms with Crippen LogP contribution >= 0.6 is 12.2 Å². The number of methoxy groups -OCH3 is 2. The Labute approximate surface area is 199 Å². The van der Waals surface area contributed by atoms with Gasteiger partial charge in [0, 0.05) is 13.1 Å². The van der Waals surface area contributed by atoms with Gasteiger partial charge in [0.05, 0.1) is 20.3 Å². The molecule has 1 aliphatic rings. The van der Waals surface area contributed by atoms with Gasteiger partial charge in [0.15, 0.2) is 16.6 Å². The van der Waals surface area contributed by atoms with E-state index in [-0.39, 0.29) is 11.9 Å². The molecule has 0 aromatic heterocycles. The zero-order valence-corrected chi connectivity index (χ0v) is 19.5. The maximum absolute atomic E-state index is 13.3. The van der Waals surface area contributed by atoms with Crippen LogP contribution in [-0.2, 0) is 13.0 Å². The van der Waals surface area contributed by atoms with E-state index in [1.165, 1.54) is 17.7 Å². The number of benzene rings is 3. The minimum absolute atomic E-state index is 0.144. The van der Waals surface area contributed by atoms with Crippen LogP contribution in [0.25, 0.3) is 0 Å². The predicted molar refractivity (Wildman–Crippen MR) is 130 cm³/mol. The first kappa shape index (κ1) is 22.9. The standard InChI is InChI=1S/C26H27FN2O3S/c1-30-24-14-19-12-13-29(26(33)28-16-18-6-4-3-5-7-18)23(22(19)15-25(24)31-2)17-32-21-10-8-20(27)9-11-21/h3-11,14-15,23H,12-13,16-17H2,1-2H3,(H,28,33)/t23-/m1/s1. The van der Waals surface area contributed by atoms with Gasteiger partial charge in [0.25, 0.3) is 0 Å². The fourth-order valence-electron chi connectivity index (χ4n) is 4.03. The van der Waals surface area contributed by atoms with E-state index in [1.54, 1.807) is 26.4 Å². The lowest BCUT2D eigenvalue weighted by Gasteiger charge is -2.39. The fourth-order valence-corrected chi connectivity index (χ4v) is 4.32. The van der Waals surface area contributed by atoms with Crippen LogP contribution in [0, 0.1) is 5.82 Å². The highest BCUT2D eigenvalue weighted by Gasteiger charge is 2.31. The van der Waals surface area contributed by atoms with Crippen molar-refractivity contribution in [3.8, 4) is 17.2 Å². The van der Waals surface area contributed by atoms with E-state index in [9.17, 15) is 4.39 Å². The molecule has 0 bridgehead atoms. The Morgan fingerprint density at radius 2 is 1.73 bits per heavy atom. The molecular formula is C26H27FN2O3S. The third kappa shape index (κ3) is 5.37. The van der Waals surface area contributed by atoms with E-state index in [0.29, 0.717) is 35.5 Å². The molecule has 172 valence electrons. The minimum atomic E-state index is -0.296. The SMILES string of the molecule is COc1cc2c(cc1OC)[C@@H](COc1ccc(F)cc1)N(C(=S)NCc1ccccc1)CC2. The average molecular weight is 467 g/mol. The zero-order valence-electron chi connectivity index (χ0n) is 18.7. The van der Waals surface area contributed by atoms with Crippen molar-refractivity contribution in [2.24, 2.45) is 0 Å². The first-order valence-electron chi connectivity index (χ1n) is 10.8. The van der Waals surface area contributed by atoms with E-state index < -0.39 is 0 Å². The topological polar surface area (TPSA) is 43.0 Å². The van der Waals surface area contributed by atoms with Crippen molar-refractivity contribution in [3.05, 3.63) is 89.2 Å². The highest BCUT2D eigenvalue weighted by atomic mass is 32.1. The highest BCUT2D eigenvalue weighted by Crippen LogP contribution is 2.38. The molecule has 33 heavy (non-hydrogen) atoms. The summed E-state index contributed by atoms with van der Waals surface area (Å²) in [7, 11) is 3.26. The summed E-state index contributed by atoms with van der Waals surface area (Å²) in [5, 5.41) is 4.04. The van der Waals surface area contributed by atoms with Crippen LogP contribution in [-0.4, -0.2) is 37.4 Å². The van der Waals surface area contributed by atoms with Gasteiger partial charge in [-0.15, -0.1) is 0 Å². The first-order chi connectivity index (χ1) is 16.1. The van der Waals surface area contributed by atoms with Crippen molar-refractivity contribution < 1.29 is 18.6 Å². The van der Waals surface area contributed by atoms with Crippen molar-refractivity contribution in [3.63, 3.8) is 0 Å². The van der Waals surface area contributed by atoms with Gasteiger partial charge in [0.1, 0.15) is 18.2 Å². The van der Waals surface area contributed by atoms with Crippen molar-refractivity contribution in [2.45, 2.75) is 19.0 Å². The summed E-state index contributed by atoms with van der Waals surface area (Å²) in [5.74, 6) is 1.67. The number of ether oxygens (including phenoxy) is 3. The average Bonchev–Trinajstić information content (AvgIpc) is 2.86. The number of thiocarbonyl (C=S) groups is 1. The molecule has 7 heteroatoms. The molecule has 3 aromatic carbocycles. The third-order valence-corrected chi connectivity index (χ3v) is 6.15. The van der Waals surface area contributed by atoms with E-state index in [0.717, 1.165) is 24.1 Å². The summed E-state index contributed by atoms with van der Waals surface area (Å²) in [6.45, 7) is 1.72. The van der Waals surface area contributed by atoms with Gasteiger partial charge < -0.3 is 24.4 Å². The van der Waals surface area contributed by atoms with Crippen LogP contribution < -0.4 is 19.5 Å². The molecular weight excluding hydrogens is 439 g/mol. The number of hydrogen-bond donors (Lipinski definition) is 1. The Kier molecular flexibility index (Phi) is 7.29. The number of nitrogens with zero attached hydrogens (tertiary/aromatic N) is 1. The number of fused-ring (bicyclic) bond motifs is 1. The molecule has 0 fully saturated rings. The Bertz CT molecular complexity index is 1090. The van der Waals surface area contributed by atoms with Crippen LogP contribution in [0.5, 0.6) is 17.2 Å². The number of nitrogens with one attached hydrogen (secondary N) is 1. The lowest BCUT2D eigenvalue weighted by Crippen LogP contribution is -2.47. The predicted octanol–water partition coefficient (Wildman–Crippen LogP) is 4.90. The number of rotatable bonds is 7. The van der Waals surface area contributed by atoms with Crippen molar-refractivity contribution in [1.82, 2.24) is 10.2 Å². The molecule has 4 rings (SSSR count). The largest absolute Gasteiger partial charge is 0.493 e. The second-order valence-corrected chi connectivity index (χ2v) is 8.16. The van der Waals surface area contributed by atoms with Gasteiger partial charge in [-0.2, -0.15) is 0 Å². The van der Waals surface area contributed by atoms with Crippen LogP contribution in [0.3, 0.4) is 0 Å². The second kappa shape index (κ2) is 10.5. The molecule has 0 spiro atoms. The lowest BCUT2D eigenvalue weighted by atomic mass is 9.92. The summed E-state index contributed by atoms with van der Waals surface area (Å²) in [6.07, 6.45) is 0.815. The zero-order chi connectivity index (χ0) is 23.2. The first-order valence-corrected chi connectivity index (χ1v) is 11.2. The van der Waals surface area contributed by atoms with E-state index in [1.807, 2.05) is 30.3 Å². The van der Waals surface area contributed by atoms with Gasteiger partial charge in [-0.05, 0) is 71.7 Å². The maximum atomic E-state index is 13.3. The van der Waals surface area contributed by atoms with Crippen LogP contribution in [0.4, 0.5) is 4.39 Å². The van der Waals surface area contributed by atoms with Crippen LogP contribution in [0.2, 0.25) is 0 Å². The molecule has 0 aliphatic carbocycles. The van der Waals surface area contributed by atoms with Crippen LogP contribution in [0.1, 0.15) is 22.7 Å². The Balaban J connectivity index is 1.59. The molecule has 0 saturated carbocycles. The van der Waals surface area contributed by atoms with Gasteiger partial charge >= 0.3 is 0 Å². The maximum Gasteiger partial charge on any atom is 0.169 e. The summed E-state index contributed by atoms with van der Waals surface area (Å²) in [4.78, 5) is 2.15. The number of halogens is 1. The molecule has 1 heterocycles. The van der Waals surface area contributed by atoms with Gasteiger partial charge in [-0.1, -0.05) is 30.3 Å². The van der Waals surface area contributed by atoms with Crippen molar-refractivity contribution in [1.29, 1.82) is 0 Å². The summed E-state index contributed by atoms with van der Waals surface area (Å²) in [5.41, 5.74) is 3.40. The van der Waals surface area contributed by atoms with Crippen LogP contribution in [0.15, 0.2) is 66.7 Å². The highest BCUT2D eigenvalue weighted by molar-refractivity contribution is 7.80. The second-order valence-electron chi connectivity index (χ2n) is 7.77. The van der Waals surface area contributed by atoms with Crippen molar-refractivity contribution >= 4 is 17.3 Å². The summed E-state index contributed by atoms with van der Waals surface area (Å²) >= 11 is 5.79. The third-order valence-electron chi connectivity index (χ3n) is 5.77. The quantitative estimate of drug-likeness (QED) is 0.500. The van der Waals surface area contributed by atoms with E-state index in [4.69, 9.17) is 26.4 Å². The lowest BCUT2D eigenvalue weighted by molar-refractivity contribution is 0.187. The smallest absolute Gasteiger partial charge is 0.169 e. The Morgan fingerprint density at radius 3 is 2.42 bits per heavy atom.